The molecule has 0 spiro atoms. The van der Waals surface area contributed by atoms with Crippen LogP contribution in [-0.4, -0.2) is 50.4 Å². The minimum Gasteiger partial charge on any atom is -0.496 e. The van der Waals surface area contributed by atoms with E-state index in [1.165, 1.54) is 19.2 Å². The van der Waals surface area contributed by atoms with Crippen LogP contribution in [-0.2, 0) is 4.79 Å². The number of piperidine rings is 1. The Morgan fingerprint density at radius 3 is 2.34 bits per heavy atom. The first-order valence-electron chi connectivity index (χ1n) is 9.51. The molecule has 0 saturated carbocycles. The zero-order valence-electron chi connectivity index (χ0n) is 16.9. The van der Waals surface area contributed by atoms with E-state index in [-0.39, 0.29) is 0 Å². The molecule has 1 aliphatic heterocycles. The Bertz CT molecular complexity index is 850. The van der Waals surface area contributed by atoms with Gasteiger partial charge in [0.1, 0.15) is 23.1 Å². The van der Waals surface area contributed by atoms with Crippen LogP contribution in [0.3, 0.4) is 0 Å². The van der Waals surface area contributed by atoms with Crippen LogP contribution in [0.2, 0.25) is 0 Å². The highest BCUT2D eigenvalue weighted by atomic mass is 19.1. The Hall–Kier alpha value is -2.80. The molecule has 7 heteroatoms. The largest absolute Gasteiger partial charge is 0.496 e. The van der Waals surface area contributed by atoms with Crippen molar-refractivity contribution in [2.75, 3.05) is 34.4 Å². The lowest BCUT2D eigenvalue weighted by Gasteiger charge is -2.38. The van der Waals surface area contributed by atoms with E-state index in [1.54, 1.807) is 20.3 Å². The molecule has 29 heavy (non-hydrogen) atoms. The highest BCUT2D eigenvalue weighted by Crippen LogP contribution is 2.45. The number of halogens is 1. The van der Waals surface area contributed by atoms with E-state index in [9.17, 15) is 14.3 Å². The van der Waals surface area contributed by atoms with Crippen LogP contribution < -0.4 is 14.2 Å². The summed E-state index contributed by atoms with van der Waals surface area (Å²) in [5, 5.41) is 9.56. The Morgan fingerprint density at radius 1 is 1.10 bits per heavy atom. The third kappa shape index (κ3) is 4.29. The van der Waals surface area contributed by atoms with Crippen molar-refractivity contribution >= 4 is 5.97 Å². The lowest BCUT2D eigenvalue weighted by Crippen LogP contribution is -2.41. The Labute approximate surface area is 169 Å². The fourth-order valence-electron chi connectivity index (χ4n) is 4.05. The van der Waals surface area contributed by atoms with Crippen molar-refractivity contribution < 1.29 is 28.5 Å². The monoisotopic (exact) mass is 403 g/mol. The van der Waals surface area contributed by atoms with Crippen molar-refractivity contribution in [3.63, 3.8) is 0 Å². The quantitative estimate of drug-likeness (QED) is 0.760. The van der Waals surface area contributed by atoms with E-state index < -0.39 is 23.7 Å². The number of ether oxygens (including phenoxy) is 3. The SMILES string of the molecule is COc1ccc(F)cc1C(c1c(OC)cccc1OC)N1CCCC(C(=O)O)C1. The number of likely N-dealkylation sites (tertiary alicyclic amines) is 1. The minimum atomic E-state index is -0.827. The Morgan fingerprint density at radius 2 is 1.76 bits per heavy atom. The fraction of sp³-hybridized carbons (Fsp3) is 0.409. The van der Waals surface area contributed by atoms with Gasteiger partial charge in [0.25, 0.3) is 0 Å². The average Bonchev–Trinajstić information content (AvgIpc) is 2.74. The van der Waals surface area contributed by atoms with Gasteiger partial charge in [-0.1, -0.05) is 6.07 Å². The maximum absolute atomic E-state index is 14.3. The van der Waals surface area contributed by atoms with Gasteiger partial charge in [0.15, 0.2) is 0 Å². The van der Waals surface area contributed by atoms with Crippen LogP contribution >= 0.6 is 0 Å². The topological polar surface area (TPSA) is 68.2 Å². The maximum atomic E-state index is 14.3. The summed E-state index contributed by atoms with van der Waals surface area (Å²) in [4.78, 5) is 13.7. The van der Waals surface area contributed by atoms with Crippen molar-refractivity contribution in [1.29, 1.82) is 0 Å². The van der Waals surface area contributed by atoms with Crippen LogP contribution in [0, 0.1) is 11.7 Å². The first kappa shape index (κ1) is 20.9. The number of benzene rings is 2. The number of carbonyl (C=O) groups is 1. The van der Waals surface area contributed by atoms with Gasteiger partial charge in [0.05, 0.1) is 38.9 Å². The van der Waals surface area contributed by atoms with Crippen molar-refractivity contribution in [2.45, 2.75) is 18.9 Å². The smallest absolute Gasteiger partial charge is 0.307 e. The first-order valence-corrected chi connectivity index (χ1v) is 9.51. The summed E-state index contributed by atoms with van der Waals surface area (Å²) < 4.78 is 31.0. The molecule has 1 heterocycles. The van der Waals surface area contributed by atoms with Crippen molar-refractivity contribution in [1.82, 2.24) is 4.90 Å². The van der Waals surface area contributed by atoms with E-state index in [0.29, 0.717) is 47.9 Å². The third-order valence-corrected chi connectivity index (χ3v) is 5.39. The standard InChI is InChI=1S/C22H26FNO5/c1-27-17-10-9-15(23)12-16(17)21(24-11-5-6-14(13-24)22(25)26)20-18(28-2)7-4-8-19(20)29-3/h4,7-10,12,14,21H,5-6,11,13H2,1-3H3,(H,25,26). The summed E-state index contributed by atoms with van der Waals surface area (Å²) in [6.07, 6.45) is 1.34. The molecule has 0 radical (unpaired) electrons. The summed E-state index contributed by atoms with van der Waals surface area (Å²) in [5.74, 6) is -0.0392. The fourth-order valence-corrected chi connectivity index (χ4v) is 4.05. The predicted octanol–water partition coefficient (Wildman–Crippen LogP) is 3.74. The number of nitrogens with zero attached hydrogens (tertiary/aromatic N) is 1. The molecule has 1 N–H and O–H groups in total. The summed E-state index contributed by atoms with van der Waals surface area (Å²) in [6, 6.07) is 9.31. The van der Waals surface area contributed by atoms with E-state index in [4.69, 9.17) is 14.2 Å². The molecular weight excluding hydrogens is 377 g/mol. The molecule has 1 fully saturated rings. The number of rotatable bonds is 7. The molecule has 6 nitrogen and oxygen atoms in total. The second-order valence-corrected chi connectivity index (χ2v) is 7.04. The highest BCUT2D eigenvalue weighted by molar-refractivity contribution is 5.70. The summed E-state index contributed by atoms with van der Waals surface area (Å²) in [6.45, 7) is 0.996. The van der Waals surface area contributed by atoms with Crippen LogP contribution in [0.5, 0.6) is 17.2 Å². The third-order valence-electron chi connectivity index (χ3n) is 5.39. The van der Waals surface area contributed by atoms with Gasteiger partial charge in [-0.15, -0.1) is 0 Å². The number of hydrogen-bond donors (Lipinski definition) is 1. The van der Waals surface area contributed by atoms with Crippen LogP contribution in [0.25, 0.3) is 0 Å². The van der Waals surface area contributed by atoms with Gasteiger partial charge in [-0.2, -0.15) is 0 Å². The van der Waals surface area contributed by atoms with Crippen molar-refractivity contribution in [2.24, 2.45) is 5.92 Å². The van der Waals surface area contributed by atoms with Crippen molar-refractivity contribution in [3.05, 3.63) is 53.3 Å². The number of aliphatic carboxylic acids is 1. The predicted molar refractivity (Wildman–Crippen MR) is 106 cm³/mol. The molecule has 2 aromatic carbocycles. The number of methoxy groups -OCH3 is 3. The van der Waals surface area contributed by atoms with Gasteiger partial charge in [-0.3, -0.25) is 9.69 Å². The molecule has 156 valence electrons. The molecule has 3 rings (SSSR count). The minimum absolute atomic E-state index is 0.334. The lowest BCUT2D eigenvalue weighted by atomic mass is 9.90. The van der Waals surface area contributed by atoms with Crippen LogP contribution in [0.15, 0.2) is 36.4 Å². The van der Waals surface area contributed by atoms with E-state index >= 15 is 0 Å². The zero-order chi connectivity index (χ0) is 21.0. The molecule has 1 saturated heterocycles. The zero-order valence-corrected chi connectivity index (χ0v) is 16.9. The molecule has 1 aliphatic rings. The molecule has 0 amide bonds. The normalized spacial score (nSPS) is 18.1. The average molecular weight is 403 g/mol. The molecule has 2 aromatic rings. The summed E-state index contributed by atoms with van der Waals surface area (Å²) >= 11 is 0. The van der Waals surface area contributed by atoms with Gasteiger partial charge >= 0.3 is 5.97 Å². The van der Waals surface area contributed by atoms with Crippen LogP contribution in [0.1, 0.15) is 30.0 Å². The Balaban J connectivity index is 2.21. The van der Waals surface area contributed by atoms with Gasteiger partial charge in [0, 0.05) is 12.1 Å². The lowest BCUT2D eigenvalue weighted by molar-refractivity contribution is -0.143. The maximum Gasteiger partial charge on any atom is 0.307 e. The molecule has 2 unspecified atom stereocenters. The van der Waals surface area contributed by atoms with E-state index in [2.05, 4.69) is 0 Å². The van der Waals surface area contributed by atoms with Gasteiger partial charge in [-0.05, 0) is 49.7 Å². The van der Waals surface area contributed by atoms with E-state index in [0.717, 1.165) is 6.42 Å². The highest BCUT2D eigenvalue weighted by Gasteiger charge is 2.35. The van der Waals surface area contributed by atoms with Crippen molar-refractivity contribution in [3.8, 4) is 17.2 Å². The molecule has 0 aliphatic carbocycles. The van der Waals surface area contributed by atoms with Gasteiger partial charge < -0.3 is 19.3 Å². The first-order chi connectivity index (χ1) is 14.0. The Kier molecular flexibility index (Phi) is 6.59. The number of carboxylic acids is 1. The number of hydrogen-bond acceptors (Lipinski definition) is 5. The molecular formula is C22H26FNO5. The summed E-state index contributed by atoms with van der Waals surface area (Å²) in [7, 11) is 4.66. The number of carboxylic acid groups (broad SMARTS) is 1. The second-order valence-electron chi connectivity index (χ2n) is 7.04. The van der Waals surface area contributed by atoms with E-state index in [1.807, 2.05) is 23.1 Å². The summed E-state index contributed by atoms with van der Waals surface area (Å²) in [5.41, 5.74) is 1.31. The van der Waals surface area contributed by atoms with Crippen LogP contribution in [0.4, 0.5) is 4.39 Å². The van der Waals surface area contributed by atoms with Gasteiger partial charge in [0.2, 0.25) is 0 Å². The molecule has 0 aromatic heterocycles. The molecule has 2 atom stereocenters. The second kappa shape index (κ2) is 9.13. The molecule has 0 bridgehead atoms. The van der Waals surface area contributed by atoms with Gasteiger partial charge in [-0.25, -0.2) is 4.39 Å².